The van der Waals surface area contributed by atoms with E-state index in [-0.39, 0.29) is 6.03 Å². The van der Waals surface area contributed by atoms with Gasteiger partial charge in [0, 0.05) is 24.5 Å². The predicted molar refractivity (Wildman–Crippen MR) is 90.4 cm³/mol. The van der Waals surface area contributed by atoms with Crippen molar-refractivity contribution in [3.63, 3.8) is 0 Å². The maximum Gasteiger partial charge on any atom is 0.321 e. The number of hydrogen-bond donors (Lipinski definition) is 2. The second-order valence-corrected chi connectivity index (χ2v) is 6.41. The number of hydrogen-bond acceptors (Lipinski definition) is 2. The molecule has 0 spiro atoms. The van der Waals surface area contributed by atoms with Crippen LogP contribution < -0.4 is 11.1 Å². The van der Waals surface area contributed by atoms with Gasteiger partial charge in [0.1, 0.15) is 0 Å². The van der Waals surface area contributed by atoms with Gasteiger partial charge in [0.25, 0.3) is 0 Å². The quantitative estimate of drug-likeness (QED) is 0.740. The molecule has 1 rings (SSSR count). The molecule has 0 heterocycles. The Hall–Kier alpha value is -1.71. The van der Waals surface area contributed by atoms with Crippen molar-refractivity contribution in [2.24, 2.45) is 11.8 Å². The van der Waals surface area contributed by atoms with Gasteiger partial charge in [0.05, 0.1) is 0 Å². The Balaban J connectivity index is 2.64. The molecule has 0 aliphatic heterocycles. The normalized spacial score (nSPS) is 11.0. The SMILES string of the molecule is CC(C)CCN(CCC(C)C)C(=O)Nc1cccc(N)c1. The lowest BCUT2D eigenvalue weighted by molar-refractivity contribution is 0.205. The van der Waals surface area contributed by atoms with E-state index >= 15 is 0 Å². The smallest absolute Gasteiger partial charge is 0.321 e. The van der Waals surface area contributed by atoms with Gasteiger partial charge in [-0.3, -0.25) is 0 Å². The number of nitrogens with zero attached hydrogens (tertiary/aromatic N) is 1. The number of anilines is 2. The van der Waals surface area contributed by atoms with E-state index in [0.29, 0.717) is 17.5 Å². The van der Waals surface area contributed by atoms with Crippen LogP contribution in [0.2, 0.25) is 0 Å². The molecule has 0 aliphatic carbocycles. The van der Waals surface area contributed by atoms with Crippen LogP contribution in [0.5, 0.6) is 0 Å². The zero-order valence-electron chi connectivity index (χ0n) is 13.7. The van der Waals surface area contributed by atoms with Crippen molar-refractivity contribution in [3.05, 3.63) is 24.3 Å². The zero-order valence-corrected chi connectivity index (χ0v) is 13.7. The van der Waals surface area contributed by atoms with Gasteiger partial charge < -0.3 is 16.0 Å². The Morgan fingerprint density at radius 3 is 2.19 bits per heavy atom. The minimum atomic E-state index is -0.0399. The highest BCUT2D eigenvalue weighted by Gasteiger charge is 2.14. The number of carbonyl (C=O) groups excluding carboxylic acids is 1. The number of nitrogens with two attached hydrogens (primary N) is 1. The average molecular weight is 291 g/mol. The van der Waals surface area contributed by atoms with E-state index in [1.165, 1.54) is 0 Å². The summed E-state index contributed by atoms with van der Waals surface area (Å²) >= 11 is 0. The molecular weight excluding hydrogens is 262 g/mol. The Labute approximate surface area is 128 Å². The van der Waals surface area contributed by atoms with Crippen LogP contribution in [0.4, 0.5) is 16.2 Å². The van der Waals surface area contributed by atoms with Gasteiger partial charge in [0.15, 0.2) is 0 Å². The second kappa shape index (κ2) is 8.55. The van der Waals surface area contributed by atoms with Crippen LogP contribution in [0.3, 0.4) is 0 Å². The monoisotopic (exact) mass is 291 g/mol. The van der Waals surface area contributed by atoms with Crippen LogP contribution in [-0.4, -0.2) is 24.0 Å². The summed E-state index contributed by atoms with van der Waals surface area (Å²) in [5, 5.41) is 2.94. The number of urea groups is 1. The van der Waals surface area contributed by atoms with E-state index in [1.54, 1.807) is 6.07 Å². The summed E-state index contributed by atoms with van der Waals surface area (Å²) < 4.78 is 0. The third-order valence-corrected chi connectivity index (χ3v) is 3.38. The molecule has 0 atom stereocenters. The number of rotatable bonds is 7. The standard InChI is InChI=1S/C17H29N3O/c1-13(2)8-10-20(11-9-14(3)4)17(21)19-16-7-5-6-15(18)12-16/h5-7,12-14H,8-11,18H2,1-4H3,(H,19,21). The molecule has 0 radical (unpaired) electrons. The van der Waals surface area contributed by atoms with Crippen LogP contribution in [0.15, 0.2) is 24.3 Å². The Kier molecular flexibility index (Phi) is 7.06. The summed E-state index contributed by atoms with van der Waals surface area (Å²) in [7, 11) is 0. The number of amides is 2. The van der Waals surface area contributed by atoms with Crippen LogP contribution >= 0.6 is 0 Å². The lowest BCUT2D eigenvalue weighted by Gasteiger charge is -2.25. The van der Waals surface area contributed by atoms with Crippen molar-refractivity contribution in [1.82, 2.24) is 4.90 Å². The maximum absolute atomic E-state index is 12.4. The molecule has 0 saturated heterocycles. The summed E-state index contributed by atoms with van der Waals surface area (Å²) in [6.45, 7) is 10.3. The molecule has 0 unspecified atom stereocenters. The van der Waals surface area contributed by atoms with Crippen molar-refractivity contribution in [2.75, 3.05) is 24.1 Å². The van der Waals surface area contributed by atoms with Crippen molar-refractivity contribution in [3.8, 4) is 0 Å². The van der Waals surface area contributed by atoms with E-state index < -0.39 is 0 Å². The third-order valence-electron chi connectivity index (χ3n) is 3.38. The Bertz CT molecular complexity index is 431. The molecule has 4 nitrogen and oxygen atoms in total. The zero-order chi connectivity index (χ0) is 15.8. The molecule has 118 valence electrons. The molecule has 0 aromatic heterocycles. The van der Waals surface area contributed by atoms with E-state index in [9.17, 15) is 4.79 Å². The number of nitrogen functional groups attached to an aromatic ring is 1. The first-order chi connectivity index (χ1) is 9.88. The average Bonchev–Trinajstić information content (AvgIpc) is 2.37. The first-order valence-corrected chi connectivity index (χ1v) is 7.80. The fourth-order valence-electron chi connectivity index (χ4n) is 1.96. The molecule has 4 heteroatoms. The number of benzene rings is 1. The van der Waals surface area contributed by atoms with Crippen molar-refractivity contribution >= 4 is 17.4 Å². The van der Waals surface area contributed by atoms with Gasteiger partial charge in [0.2, 0.25) is 0 Å². The van der Waals surface area contributed by atoms with E-state index in [4.69, 9.17) is 5.73 Å². The van der Waals surface area contributed by atoms with Crippen LogP contribution in [0.1, 0.15) is 40.5 Å². The minimum Gasteiger partial charge on any atom is -0.399 e. The molecule has 21 heavy (non-hydrogen) atoms. The first-order valence-electron chi connectivity index (χ1n) is 7.80. The molecule has 1 aromatic rings. The molecule has 0 aliphatic rings. The fourth-order valence-corrected chi connectivity index (χ4v) is 1.96. The molecule has 0 fully saturated rings. The summed E-state index contributed by atoms with van der Waals surface area (Å²) in [5.74, 6) is 1.18. The van der Waals surface area contributed by atoms with Crippen LogP contribution in [0, 0.1) is 11.8 Å². The molecule has 3 N–H and O–H groups in total. The highest BCUT2D eigenvalue weighted by Crippen LogP contribution is 2.14. The van der Waals surface area contributed by atoms with Crippen molar-refractivity contribution in [2.45, 2.75) is 40.5 Å². The lowest BCUT2D eigenvalue weighted by atomic mass is 10.1. The van der Waals surface area contributed by atoms with E-state index in [1.807, 2.05) is 23.1 Å². The summed E-state index contributed by atoms with van der Waals surface area (Å²) in [6, 6.07) is 7.25. The van der Waals surface area contributed by atoms with E-state index in [0.717, 1.165) is 31.6 Å². The second-order valence-electron chi connectivity index (χ2n) is 6.41. The van der Waals surface area contributed by atoms with Gasteiger partial charge in [-0.15, -0.1) is 0 Å². The van der Waals surface area contributed by atoms with Gasteiger partial charge in [-0.25, -0.2) is 4.79 Å². The summed E-state index contributed by atoms with van der Waals surface area (Å²) in [4.78, 5) is 14.3. The fraction of sp³-hybridized carbons (Fsp3) is 0.588. The van der Waals surface area contributed by atoms with Crippen LogP contribution in [0.25, 0.3) is 0 Å². The van der Waals surface area contributed by atoms with Crippen LogP contribution in [-0.2, 0) is 0 Å². The van der Waals surface area contributed by atoms with Crippen molar-refractivity contribution < 1.29 is 4.79 Å². The minimum absolute atomic E-state index is 0.0399. The molecule has 0 saturated carbocycles. The molecule has 2 amide bonds. The highest BCUT2D eigenvalue weighted by atomic mass is 16.2. The first kappa shape index (κ1) is 17.3. The molecular formula is C17H29N3O. The number of carbonyl (C=O) groups is 1. The lowest BCUT2D eigenvalue weighted by Crippen LogP contribution is -2.37. The summed E-state index contributed by atoms with van der Waals surface area (Å²) in [5.41, 5.74) is 7.15. The number of nitrogens with one attached hydrogen (secondary N) is 1. The Morgan fingerprint density at radius 1 is 1.14 bits per heavy atom. The van der Waals surface area contributed by atoms with Gasteiger partial charge in [-0.2, -0.15) is 0 Å². The van der Waals surface area contributed by atoms with Crippen molar-refractivity contribution in [1.29, 1.82) is 0 Å². The van der Waals surface area contributed by atoms with Gasteiger partial charge in [-0.1, -0.05) is 33.8 Å². The third kappa shape index (κ3) is 7.02. The van der Waals surface area contributed by atoms with Gasteiger partial charge in [-0.05, 0) is 42.9 Å². The van der Waals surface area contributed by atoms with E-state index in [2.05, 4.69) is 33.0 Å². The highest BCUT2D eigenvalue weighted by molar-refractivity contribution is 5.89. The largest absolute Gasteiger partial charge is 0.399 e. The van der Waals surface area contributed by atoms with Gasteiger partial charge >= 0.3 is 6.03 Å². The summed E-state index contributed by atoms with van der Waals surface area (Å²) in [6.07, 6.45) is 2.03. The Morgan fingerprint density at radius 2 is 1.71 bits per heavy atom. The molecule has 1 aromatic carbocycles. The topological polar surface area (TPSA) is 58.4 Å². The molecule has 0 bridgehead atoms. The predicted octanol–water partition coefficient (Wildman–Crippen LogP) is 4.19. The maximum atomic E-state index is 12.4.